The largest absolute Gasteiger partial charge is 0.369 e. The highest BCUT2D eigenvalue weighted by molar-refractivity contribution is 5.93. The monoisotopic (exact) mass is 299 g/mol. The Morgan fingerprint density at radius 3 is 2.55 bits per heavy atom. The van der Waals surface area contributed by atoms with E-state index in [1.54, 1.807) is 6.92 Å². The van der Waals surface area contributed by atoms with Crippen LogP contribution < -0.4 is 10.2 Å². The molecule has 1 aromatic carbocycles. The van der Waals surface area contributed by atoms with Crippen molar-refractivity contribution in [1.29, 1.82) is 0 Å². The number of piperazine rings is 1. The van der Waals surface area contributed by atoms with Gasteiger partial charge in [0.2, 0.25) is 0 Å². The number of carbonyl (C=O) groups is 1. The minimum Gasteiger partial charge on any atom is -0.369 e. The Kier molecular flexibility index (Phi) is 6.29. The molecule has 1 heterocycles. The molecule has 0 aliphatic carbocycles. The molecule has 0 saturated carbocycles. The van der Waals surface area contributed by atoms with Crippen LogP contribution in [-0.2, 0) is 4.79 Å². The third-order valence-electron chi connectivity index (χ3n) is 3.99. The number of para-hydroxylation sites is 1. The van der Waals surface area contributed by atoms with Crippen molar-refractivity contribution in [2.75, 3.05) is 37.6 Å². The minimum absolute atomic E-state index is 0.167. The number of nitrogens with one attached hydrogen (secondary N) is 1. The van der Waals surface area contributed by atoms with Gasteiger partial charge in [0.25, 0.3) is 5.91 Å². The molecule has 1 fully saturated rings. The molecule has 1 atom stereocenters. The van der Waals surface area contributed by atoms with E-state index in [4.69, 9.17) is 0 Å². The molecule has 1 unspecified atom stereocenters. The van der Waals surface area contributed by atoms with Gasteiger partial charge < -0.3 is 10.2 Å². The zero-order chi connectivity index (χ0) is 15.8. The third kappa shape index (κ3) is 5.09. The van der Waals surface area contributed by atoms with Gasteiger partial charge in [-0.25, -0.2) is 0 Å². The van der Waals surface area contributed by atoms with E-state index in [1.165, 1.54) is 5.69 Å². The molecule has 1 aliphatic rings. The number of benzene rings is 1. The van der Waals surface area contributed by atoms with E-state index in [-0.39, 0.29) is 11.9 Å². The number of carbonyl (C=O) groups excluding carboxylic acids is 1. The van der Waals surface area contributed by atoms with Gasteiger partial charge in [-0.15, -0.1) is 0 Å². The molecule has 22 heavy (non-hydrogen) atoms. The third-order valence-corrected chi connectivity index (χ3v) is 3.99. The van der Waals surface area contributed by atoms with Gasteiger partial charge in [-0.05, 0) is 38.3 Å². The number of hydrogen-bond acceptors (Lipinski definition) is 3. The predicted molar refractivity (Wildman–Crippen MR) is 90.8 cm³/mol. The number of nitrogens with zero attached hydrogens (tertiary/aromatic N) is 2. The fourth-order valence-electron chi connectivity index (χ4n) is 2.69. The van der Waals surface area contributed by atoms with Crippen molar-refractivity contribution in [3.63, 3.8) is 0 Å². The Morgan fingerprint density at radius 1 is 1.23 bits per heavy atom. The van der Waals surface area contributed by atoms with Gasteiger partial charge in [0.15, 0.2) is 0 Å². The Balaban J connectivity index is 1.69. The first-order chi connectivity index (χ1) is 10.7. The summed E-state index contributed by atoms with van der Waals surface area (Å²) in [5.74, 6) is 4.96. The van der Waals surface area contributed by atoms with Crippen molar-refractivity contribution in [1.82, 2.24) is 10.2 Å². The molecule has 0 bridgehead atoms. The lowest BCUT2D eigenvalue weighted by molar-refractivity contribution is -0.116. The van der Waals surface area contributed by atoms with Crippen LogP contribution in [0.3, 0.4) is 0 Å². The van der Waals surface area contributed by atoms with E-state index >= 15 is 0 Å². The van der Waals surface area contributed by atoms with Gasteiger partial charge >= 0.3 is 0 Å². The number of amides is 1. The summed E-state index contributed by atoms with van der Waals surface area (Å²) in [4.78, 5) is 16.3. The van der Waals surface area contributed by atoms with Crippen molar-refractivity contribution < 1.29 is 4.79 Å². The van der Waals surface area contributed by atoms with E-state index in [9.17, 15) is 4.79 Å². The second-order valence-electron chi connectivity index (χ2n) is 5.70. The second-order valence-corrected chi connectivity index (χ2v) is 5.70. The van der Waals surface area contributed by atoms with Gasteiger partial charge in [-0.3, -0.25) is 9.69 Å². The zero-order valence-electron chi connectivity index (χ0n) is 13.5. The predicted octanol–water partition coefficient (Wildman–Crippen LogP) is 1.73. The van der Waals surface area contributed by atoms with E-state index in [1.807, 2.05) is 6.92 Å². The highest BCUT2D eigenvalue weighted by Gasteiger charge is 2.17. The fourth-order valence-corrected chi connectivity index (χ4v) is 2.69. The van der Waals surface area contributed by atoms with Crippen molar-refractivity contribution >= 4 is 11.6 Å². The summed E-state index contributed by atoms with van der Waals surface area (Å²) in [6.07, 6.45) is 0.961. The summed E-state index contributed by atoms with van der Waals surface area (Å²) in [6, 6.07) is 10.7. The van der Waals surface area contributed by atoms with Crippen molar-refractivity contribution in [3.05, 3.63) is 30.3 Å². The summed E-state index contributed by atoms with van der Waals surface area (Å²) in [6.45, 7) is 9.00. The van der Waals surface area contributed by atoms with E-state index in [0.29, 0.717) is 0 Å². The first-order valence-corrected chi connectivity index (χ1v) is 7.94. The Bertz CT molecular complexity index is 524. The van der Waals surface area contributed by atoms with Gasteiger partial charge in [-0.2, -0.15) is 0 Å². The van der Waals surface area contributed by atoms with Crippen molar-refractivity contribution in [3.8, 4) is 11.8 Å². The van der Waals surface area contributed by atoms with Crippen molar-refractivity contribution in [2.24, 2.45) is 0 Å². The van der Waals surface area contributed by atoms with Crippen molar-refractivity contribution in [2.45, 2.75) is 26.3 Å². The van der Waals surface area contributed by atoms with Crippen LogP contribution in [0.25, 0.3) is 0 Å². The van der Waals surface area contributed by atoms with Crippen LogP contribution in [0.1, 0.15) is 20.3 Å². The lowest BCUT2D eigenvalue weighted by Crippen LogP contribution is -2.47. The maximum absolute atomic E-state index is 11.4. The molecular weight excluding hydrogens is 274 g/mol. The highest BCUT2D eigenvalue weighted by atomic mass is 16.1. The van der Waals surface area contributed by atoms with Crippen LogP contribution in [0.4, 0.5) is 5.69 Å². The first-order valence-electron chi connectivity index (χ1n) is 7.94. The standard InChI is InChI=1S/C18H25N3O/c1-3-7-18(22)19-16(2)10-11-20-12-14-21(15-13-20)17-8-5-4-6-9-17/h4-6,8-9,16H,10-15H2,1-2H3,(H,19,22). The molecular formula is C18H25N3O. The fraction of sp³-hybridized carbons (Fsp3) is 0.500. The summed E-state index contributed by atoms with van der Waals surface area (Å²) >= 11 is 0. The normalized spacial score (nSPS) is 16.5. The number of anilines is 1. The van der Waals surface area contributed by atoms with Crippen LogP contribution in [0.5, 0.6) is 0 Å². The molecule has 4 nitrogen and oxygen atoms in total. The molecule has 4 heteroatoms. The van der Waals surface area contributed by atoms with E-state index in [2.05, 4.69) is 57.3 Å². The zero-order valence-corrected chi connectivity index (χ0v) is 13.5. The molecule has 1 saturated heterocycles. The van der Waals surface area contributed by atoms with Gasteiger partial charge in [0.1, 0.15) is 0 Å². The average molecular weight is 299 g/mol. The summed E-state index contributed by atoms with van der Waals surface area (Å²) in [5, 5.41) is 2.91. The highest BCUT2D eigenvalue weighted by Crippen LogP contribution is 2.15. The van der Waals surface area contributed by atoms with Gasteiger partial charge in [-0.1, -0.05) is 24.1 Å². The van der Waals surface area contributed by atoms with E-state index < -0.39 is 0 Å². The summed E-state index contributed by atoms with van der Waals surface area (Å²) in [7, 11) is 0. The Hall–Kier alpha value is -1.99. The topological polar surface area (TPSA) is 35.6 Å². The summed E-state index contributed by atoms with van der Waals surface area (Å²) in [5.41, 5.74) is 1.31. The molecule has 1 aliphatic heterocycles. The quantitative estimate of drug-likeness (QED) is 0.841. The molecule has 1 aromatic rings. The molecule has 0 radical (unpaired) electrons. The molecule has 118 valence electrons. The smallest absolute Gasteiger partial charge is 0.296 e. The maximum Gasteiger partial charge on any atom is 0.296 e. The molecule has 0 aromatic heterocycles. The Labute approximate surface area is 133 Å². The van der Waals surface area contributed by atoms with Crippen LogP contribution in [0.15, 0.2) is 30.3 Å². The number of hydrogen-bond donors (Lipinski definition) is 1. The first kappa shape index (κ1) is 16.4. The molecule has 0 spiro atoms. The Morgan fingerprint density at radius 2 is 1.91 bits per heavy atom. The number of rotatable bonds is 5. The molecule has 2 rings (SSSR count). The average Bonchev–Trinajstić information content (AvgIpc) is 2.54. The second kappa shape index (κ2) is 8.45. The van der Waals surface area contributed by atoms with Gasteiger partial charge in [0.05, 0.1) is 0 Å². The van der Waals surface area contributed by atoms with Crippen LogP contribution in [0.2, 0.25) is 0 Å². The van der Waals surface area contributed by atoms with Crippen LogP contribution >= 0.6 is 0 Å². The molecule has 1 amide bonds. The van der Waals surface area contributed by atoms with Crippen LogP contribution in [0, 0.1) is 11.8 Å². The lowest BCUT2D eigenvalue weighted by Gasteiger charge is -2.36. The van der Waals surface area contributed by atoms with Crippen LogP contribution in [-0.4, -0.2) is 49.6 Å². The minimum atomic E-state index is -0.177. The van der Waals surface area contributed by atoms with Gasteiger partial charge in [0, 0.05) is 44.5 Å². The molecule has 1 N–H and O–H groups in total. The SMILES string of the molecule is CC#CC(=O)NC(C)CCN1CCN(c2ccccc2)CC1. The summed E-state index contributed by atoms with van der Waals surface area (Å²) < 4.78 is 0. The maximum atomic E-state index is 11.4. The van der Waals surface area contributed by atoms with E-state index in [0.717, 1.165) is 39.1 Å². The lowest BCUT2D eigenvalue weighted by atomic mass is 10.2.